The predicted octanol–water partition coefficient (Wildman–Crippen LogP) is 0.944. The molecule has 40 heavy (non-hydrogen) atoms. The lowest BCUT2D eigenvalue weighted by atomic mass is 9.94. The van der Waals surface area contributed by atoms with Crippen LogP contribution in [0.5, 0.6) is 0 Å². The third-order valence-electron chi connectivity index (χ3n) is 7.95. The average Bonchev–Trinajstić information content (AvgIpc) is 3.68. The Morgan fingerprint density at radius 2 is 1.90 bits per heavy atom. The molecular weight excluding hydrogens is 518 g/mol. The summed E-state index contributed by atoms with van der Waals surface area (Å²) in [6.45, 7) is 3.93. The van der Waals surface area contributed by atoms with Gasteiger partial charge in [0.2, 0.25) is 5.82 Å². The first-order chi connectivity index (χ1) is 19.4. The topological polar surface area (TPSA) is 178 Å². The second kappa shape index (κ2) is 12.4. The Labute approximate surface area is 232 Å². The number of ether oxygens (including phenoxy) is 2. The van der Waals surface area contributed by atoms with E-state index in [1.165, 1.54) is 23.7 Å². The number of nitrogens with two attached hydrogens (primary N) is 1. The molecule has 5 N–H and O–H groups in total. The lowest BCUT2D eigenvalue weighted by molar-refractivity contribution is -0.137. The number of anilines is 1. The fourth-order valence-electron chi connectivity index (χ4n) is 5.61. The highest BCUT2D eigenvalue weighted by molar-refractivity contribution is 5.83. The number of nitrogens with one attached hydrogen (secondary N) is 1. The summed E-state index contributed by atoms with van der Waals surface area (Å²) in [6, 6.07) is 0. The van der Waals surface area contributed by atoms with Gasteiger partial charge in [0.15, 0.2) is 23.8 Å². The van der Waals surface area contributed by atoms with Gasteiger partial charge in [0.05, 0.1) is 12.9 Å². The van der Waals surface area contributed by atoms with Gasteiger partial charge in [-0.1, -0.05) is 18.8 Å². The fraction of sp³-hybridized carbons (Fsp3) is 0.667. The number of aliphatic hydroxyl groups is 2. The third-order valence-corrected chi connectivity index (χ3v) is 7.95. The normalized spacial score (nSPS) is 25.6. The highest BCUT2D eigenvalue weighted by atomic mass is 16.6. The first-order valence-corrected chi connectivity index (χ1v) is 14.1. The maximum atomic E-state index is 12.4. The van der Waals surface area contributed by atoms with E-state index >= 15 is 0 Å². The summed E-state index contributed by atoms with van der Waals surface area (Å²) >= 11 is 0. The predicted molar refractivity (Wildman–Crippen MR) is 143 cm³/mol. The van der Waals surface area contributed by atoms with E-state index in [1.54, 1.807) is 11.8 Å². The number of imidazole rings is 1. The molecule has 2 aliphatic heterocycles. The lowest BCUT2D eigenvalue weighted by Crippen LogP contribution is -2.42. The number of likely N-dealkylation sites (tertiary alicyclic amines) is 1. The van der Waals surface area contributed by atoms with Crippen molar-refractivity contribution in [3.63, 3.8) is 0 Å². The number of carbonyl (C=O) groups excluding carboxylic acids is 2. The number of likely N-dealkylation sites (N-methyl/N-ethyl adjacent to an activating group) is 1. The number of hydrogen-bond donors (Lipinski definition) is 4. The molecular formula is C27H37N7O6. The van der Waals surface area contributed by atoms with Crippen LogP contribution in [-0.2, 0) is 14.3 Å². The van der Waals surface area contributed by atoms with Gasteiger partial charge in [-0.05, 0) is 50.4 Å². The van der Waals surface area contributed by atoms with Crippen LogP contribution in [0.1, 0.15) is 63.9 Å². The van der Waals surface area contributed by atoms with E-state index in [9.17, 15) is 19.8 Å². The second-order valence-electron chi connectivity index (χ2n) is 10.7. The van der Waals surface area contributed by atoms with Crippen molar-refractivity contribution in [3.05, 3.63) is 12.2 Å². The highest BCUT2D eigenvalue weighted by Crippen LogP contribution is 2.32. The molecule has 13 nitrogen and oxygen atoms in total. The van der Waals surface area contributed by atoms with Gasteiger partial charge in [-0.25, -0.2) is 19.7 Å². The van der Waals surface area contributed by atoms with E-state index < -0.39 is 30.4 Å². The summed E-state index contributed by atoms with van der Waals surface area (Å²) in [6.07, 6.45) is 3.07. The number of nitrogen functional groups attached to an aromatic ring is 1. The van der Waals surface area contributed by atoms with Crippen molar-refractivity contribution in [2.75, 3.05) is 32.0 Å². The molecule has 0 radical (unpaired) electrons. The van der Waals surface area contributed by atoms with Crippen molar-refractivity contribution in [3.8, 4) is 11.8 Å². The maximum absolute atomic E-state index is 12.4. The number of amides is 2. The van der Waals surface area contributed by atoms with Gasteiger partial charge in [-0.15, -0.1) is 0 Å². The quantitative estimate of drug-likeness (QED) is 0.375. The minimum absolute atomic E-state index is 0.116. The zero-order valence-electron chi connectivity index (χ0n) is 22.7. The number of rotatable bonds is 6. The molecule has 2 aromatic rings. The minimum atomic E-state index is -1.42. The zero-order chi connectivity index (χ0) is 28.2. The van der Waals surface area contributed by atoms with Crippen LogP contribution >= 0.6 is 0 Å². The Bertz CT molecular complexity index is 1280. The standard InChI is InChI=1S/C27H37N7O6/c1-2-29-25(37)22-20(35)21(36)26(40-22)34-15-30-19-23(28)31-18(32-24(19)34)9-5-8-16-10-12-33(13-11-16)27(38)39-14-17-6-3-4-7-17/h15-17,20-22,26,35-36H,2-4,6-8,10-14H2,1H3,(H,29,37)(H2,28,31,32)/t20-,21?,22+,26-/m1/s1. The van der Waals surface area contributed by atoms with Crippen LogP contribution in [0.15, 0.2) is 6.33 Å². The van der Waals surface area contributed by atoms with Crippen LogP contribution < -0.4 is 11.1 Å². The zero-order valence-corrected chi connectivity index (χ0v) is 22.7. The van der Waals surface area contributed by atoms with Gasteiger partial charge in [0.1, 0.15) is 17.7 Å². The van der Waals surface area contributed by atoms with Crippen LogP contribution in [-0.4, -0.2) is 91.2 Å². The Hall–Kier alpha value is -3.47. The SMILES string of the molecule is CCNC(=O)[C@H]1O[C@@H](n2cnc3c(N)nc(C#CCC4CCN(C(=O)OCC5CCCC5)CC4)nc32)C(O)[C@H]1O. The van der Waals surface area contributed by atoms with Crippen molar-refractivity contribution in [1.82, 2.24) is 29.7 Å². The number of piperidine rings is 1. The van der Waals surface area contributed by atoms with Crippen LogP contribution in [0.25, 0.3) is 11.2 Å². The Morgan fingerprint density at radius 1 is 1.15 bits per heavy atom. The first kappa shape index (κ1) is 28.1. The van der Waals surface area contributed by atoms with Crippen molar-refractivity contribution in [2.45, 2.75) is 76.4 Å². The van der Waals surface area contributed by atoms with Gasteiger partial charge in [0, 0.05) is 26.1 Å². The molecule has 0 bridgehead atoms. The van der Waals surface area contributed by atoms with E-state index in [4.69, 9.17) is 15.2 Å². The second-order valence-corrected chi connectivity index (χ2v) is 10.7. The number of fused-ring (bicyclic) bond motifs is 1. The largest absolute Gasteiger partial charge is 0.449 e. The molecule has 2 saturated heterocycles. The van der Waals surface area contributed by atoms with Crippen LogP contribution in [0.2, 0.25) is 0 Å². The van der Waals surface area contributed by atoms with Gasteiger partial charge in [-0.2, -0.15) is 0 Å². The minimum Gasteiger partial charge on any atom is -0.449 e. The van der Waals surface area contributed by atoms with E-state index in [0.29, 0.717) is 50.0 Å². The molecule has 2 aromatic heterocycles. The van der Waals surface area contributed by atoms with E-state index in [1.807, 2.05) is 0 Å². The van der Waals surface area contributed by atoms with Gasteiger partial charge >= 0.3 is 6.09 Å². The summed E-state index contributed by atoms with van der Waals surface area (Å²) in [5.74, 6) is 6.74. The smallest absolute Gasteiger partial charge is 0.409 e. The van der Waals surface area contributed by atoms with Crippen molar-refractivity contribution in [2.24, 2.45) is 11.8 Å². The molecule has 1 saturated carbocycles. The number of hydrogen-bond acceptors (Lipinski definition) is 10. The Balaban J connectivity index is 1.19. The first-order valence-electron chi connectivity index (χ1n) is 14.1. The van der Waals surface area contributed by atoms with Crippen LogP contribution in [0, 0.1) is 23.7 Å². The van der Waals surface area contributed by atoms with Crippen LogP contribution in [0.4, 0.5) is 10.6 Å². The van der Waals surface area contributed by atoms with Gasteiger partial charge in [0.25, 0.3) is 5.91 Å². The summed E-state index contributed by atoms with van der Waals surface area (Å²) in [5, 5.41) is 23.6. The molecule has 5 rings (SSSR count). The summed E-state index contributed by atoms with van der Waals surface area (Å²) in [4.78, 5) is 39.4. The number of aliphatic hydroxyl groups excluding tert-OH is 2. The Morgan fingerprint density at radius 3 is 2.62 bits per heavy atom. The van der Waals surface area contributed by atoms with E-state index in [-0.39, 0.29) is 23.4 Å². The summed E-state index contributed by atoms with van der Waals surface area (Å²) < 4.78 is 12.7. The van der Waals surface area contributed by atoms with E-state index in [0.717, 1.165) is 25.7 Å². The lowest BCUT2D eigenvalue weighted by Gasteiger charge is -2.30. The molecule has 2 amide bonds. The average molecular weight is 556 g/mol. The number of aromatic nitrogens is 4. The molecule has 3 aliphatic rings. The maximum Gasteiger partial charge on any atom is 0.409 e. The molecule has 216 valence electrons. The van der Waals surface area contributed by atoms with Crippen LogP contribution in [0.3, 0.4) is 0 Å². The molecule has 4 atom stereocenters. The molecule has 4 heterocycles. The molecule has 0 spiro atoms. The summed E-state index contributed by atoms with van der Waals surface area (Å²) in [7, 11) is 0. The van der Waals surface area contributed by atoms with Crippen molar-refractivity contribution >= 4 is 29.0 Å². The molecule has 1 aliphatic carbocycles. The molecule has 13 heteroatoms. The molecule has 0 aromatic carbocycles. The monoisotopic (exact) mass is 555 g/mol. The van der Waals surface area contributed by atoms with E-state index in [2.05, 4.69) is 32.1 Å². The Kier molecular flexibility index (Phi) is 8.68. The highest BCUT2D eigenvalue weighted by Gasteiger charge is 2.47. The third kappa shape index (κ3) is 5.99. The fourth-order valence-corrected chi connectivity index (χ4v) is 5.61. The molecule has 1 unspecified atom stereocenters. The summed E-state index contributed by atoms with van der Waals surface area (Å²) in [5.41, 5.74) is 6.68. The van der Waals surface area contributed by atoms with Crippen molar-refractivity contribution in [1.29, 1.82) is 0 Å². The number of nitrogens with zero attached hydrogens (tertiary/aromatic N) is 5. The molecule has 3 fully saturated rings. The van der Waals surface area contributed by atoms with Gasteiger partial charge in [-0.3, -0.25) is 9.36 Å². The number of carbonyl (C=O) groups is 2. The van der Waals surface area contributed by atoms with Gasteiger partial charge < -0.3 is 35.6 Å². The van der Waals surface area contributed by atoms with Crippen molar-refractivity contribution < 1.29 is 29.3 Å².